The van der Waals surface area contributed by atoms with Gasteiger partial charge >= 0.3 is 6.03 Å². The number of thioether (sulfide) groups is 1. The van der Waals surface area contributed by atoms with E-state index in [9.17, 15) is 4.79 Å². The second-order valence-corrected chi connectivity index (χ2v) is 5.80. The van der Waals surface area contributed by atoms with Crippen molar-refractivity contribution >= 4 is 17.8 Å². The number of rotatable bonds is 0. The van der Waals surface area contributed by atoms with Crippen molar-refractivity contribution in [1.82, 2.24) is 14.5 Å². The maximum Gasteiger partial charge on any atom is 0.329 e. The van der Waals surface area contributed by atoms with Crippen molar-refractivity contribution in [3.63, 3.8) is 0 Å². The predicted octanol–water partition coefficient (Wildman–Crippen LogP) is 1.68. The summed E-state index contributed by atoms with van der Waals surface area (Å²) in [5.41, 5.74) is 0. The summed E-state index contributed by atoms with van der Waals surface area (Å²) < 4.78 is 1.54. The van der Waals surface area contributed by atoms with Crippen LogP contribution in [0.15, 0.2) is 18.7 Å². The van der Waals surface area contributed by atoms with E-state index in [0.717, 1.165) is 13.1 Å². The van der Waals surface area contributed by atoms with Crippen LogP contribution in [0.2, 0.25) is 0 Å². The number of carbonyl (C=O) groups is 1. The van der Waals surface area contributed by atoms with Crippen LogP contribution in [0.1, 0.15) is 13.8 Å². The molecule has 0 N–H and O–H groups in total. The lowest BCUT2D eigenvalue weighted by Crippen LogP contribution is -2.45. The van der Waals surface area contributed by atoms with Gasteiger partial charge in [0.2, 0.25) is 0 Å². The molecule has 0 radical (unpaired) electrons. The first-order chi connectivity index (χ1) is 7.16. The minimum atomic E-state index is 0.0338. The Morgan fingerprint density at radius 3 is 2.60 bits per heavy atom. The van der Waals surface area contributed by atoms with E-state index in [0.29, 0.717) is 10.5 Å². The lowest BCUT2D eigenvalue weighted by Gasteiger charge is -2.34. The normalized spacial score (nSPS) is 26.7. The van der Waals surface area contributed by atoms with Crippen molar-refractivity contribution < 1.29 is 4.79 Å². The van der Waals surface area contributed by atoms with Crippen molar-refractivity contribution in [3.05, 3.63) is 18.7 Å². The molecule has 2 heterocycles. The number of hydrogen-bond donors (Lipinski definition) is 0. The quantitative estimate of drug-likeness (QED) is 0.674. The van der Waals surface area contributed by atoms with Gasteiger partial charge in [0.25, 0.3) is 0 Å². The molecule has 1 aromatic heterocycles. The van der Waals surface area contributed by atoms with Crippen LogP contribution in [0.25, 0.3) is 0 Å². The zero-order chi connectivity index (χ0) is 10.8. The monoisotopic (exact) mass is 225 g/mol. The van der Waals surface area contributed by atoms with Crippen molar-refractivity contribution in [2.75, 3.05) is 13.1 Å². The number of aromatic nitrogens is 2. The number of imidazole rings is 1. The Kier molecular flexibility index (Phi) is 3.00. The Morgan fingerprint density at radius 1 is 1.40 bits per heavy atom. The molecule has 1 fully saturated rings. The van der Waals surface area contributed by atoms with Crippen LogP contribution in [0.5, 0.6) is 0 Å². The minimum absolute atomic E-state index is 0.0338. The molecule has 2 atom stereocenters. The zero-order valence-electron chi connectivity index (χ0n) is 8.96. The van der Waals surface area contributed by atoms with Gasteiger partial charge in [-0.25, -0.2) is 9.78 Å². The zero-order valence-corrected chi connectivity index (χ0v) is 9.78. The summed E-state index contributed by atoms with van der Waals surface area (Å²) in [5.74, 6) is 0. The van der Waals surface area contributed by atoms with E-state index < -0.39 is 0 Å². The van der Waals surface area contributed by atoms with E-state index in [1.165, 1.54) is 4.57 Å². The Hall–Kier alpha value is -0.970. The molecule has 1 saturated heterocycles. The SMILES string of the molecule is CC1CN(C(=O)n2ccnc2)CC(C)S1. The number of carbonyl (C=O) groups excluding carboxylic acids is 1. The number of amides is 1. The highest BCUT2D eigenvalue weighted by molar-refractivity contribution is 8.00. The third-order valence-corrected chi connectivity index (χ3v) is 3.64. The smallest absolute Gasteiger partial charge is 0.322 e. The molecule has 1 aliphatic heterocycles. The van der Waals surface area contributed by atoms with Crippen LogP contribution >= 0.6 is 11.8 Å². The molecular formula is C10H15N3OS. The highest BCUT2D eigenvalue weighted by Gasteiger charge is 2.26. The highest BCUT2D eigenvalue weighted by atomic mass is 32.2. The molecule has 1 aliphatic rings. The molecule has 2 rings (SSSR count). The molecule has 0 saturated carbocycles. The average Bonchev–Trinajstić information content (AvgIpc) is 2.67. The van der Waals surface area contributed by atoms with E-state index >= 15 is 0 Å². The van der Waals surface area contributed by atoms with Crippen LogP contribution < -0.4 is 0 Å². The standard InChI is InChI=1S/C10H15N3OS/c1-8-5-13(6-9(2)15-8)10(14)12-4-3-11-7-12/h3-4,7-9H,5-6H2,1-2H3. The first kappa shape index (κ1) is 10.5. The summed E-state index contributed by atoms with van der Waals surface area (Å²) in [5, 5.41) is 1.03. The largest absolute Gasteiger partial charge is 0.329 e. The van der Waals surface area contributed by atoms with Crippen LogP contribution in [-0.2, 0) is 0 Å². The highest BCUT2D eigenvalue weighted by Crippen LogP contribution is 2.24. The fourth-order valence-corrected chi connectivity index (χ4v) is 3.19. The topological polar surface area (TPSA) is 38.1 Å². The lowest BCUT2D eigenvalue weighted by molar-refractivity contribution is 0.198. The van der Waals surface area contributed by atoms with Crippen LogP contribution in [-0.4, -0.2) is 44.1 Å². The third-order valence-electron chi connectivity index (χ3n) is 2.42. The second kappa shape index (κ2) is 4.26. The van der Waals surface area contributed by atoms with E-state index in [1.54, 1.807) is 18.7 Å². The molecule has 15 heavy (non-hydrogen) atoms. The average molecular weight is 225 g/mol. The van der Waals surface area contributed by atoms with Gasteiger partial charge in [-0.05, 0) is 0 Å². The second-order valence-electron chi connectivity index (χ2n) is 3.91. The molecule has 0 bridgehead atoms. The number of nitrogens with zero attached hydrogens (tertiary/aromatic N) is 3. The number of hydrogen-bond acceptors (Lipinski definition) is 3. The Labute approximate surface area is 93.7 Å². The summed E-state index contributed by atoms with van der Waals surface area (Å²) in [6.07, 6.45) is 4.88. The van der Waals surface area contributed by atoms with Crippen LogP contribution in [0, 0.1) is 0 Å². The molecular weight excluding hydrogens is 210 g/mol. The maximum atomic E-state index is 12.0. The molecule has 1 aromatic rings. The van der Waals surface area contributed by atoms with E-state index in [1.807, 2.05) is 16.7 Å². The lowest BCUT2D eigenvalue weighted by atomic mass is 10.3. The molecule has 1 amide bonds. The van der Waals surface area contributed by atoms with Crippen molar-refractivity contribution in [1.29, 1.82) is 0 Å². The molecule has 4 nitrogen and oxygen atoms in total. The molecule has 0 aliphatic carbocycles. The van der Waals surface area contributed by atoms with E-state index in [2.05, 4.69) is 18.8 Å². The first-order valence-electron chi connectivity index (χ1n) is 5.09. The van der Waals surface area contributed by atoms with Gasteiger partial charge in [0.1, 0.15) is 6.33 Å². The fraction of sp³-hybridized carbons (Fsp3) is 0.600. The molecule has 82 valence electrons. The Bertz CT molecular complexity index is 328. The molecule has 0 aromatic carbocycles. The summed E-state index contributed by atoms with van der Waals surface area (Å²) in [4.78, 5) is 17.8. The van der Waals surface area contributed by atoms with Crippen molar-refractivity contribution in [2.24, 2.45) is 0 Å². The van der Waals surface area contributed by atoms with Gasteiger partial charge in [-0.1, -0.05) is 13.8 Å². The molecule has 5 heteroatoms. The summed E-state index contributed by atoms with van der Waals surface area (Å²) in [6, 6.07) is 0.0338. The van der Waals surface area contributed by atoms with Gasteiger partial charge in [-0.3, -0.25) is 4.57 Å². The van der Waals surface area contributed by atoms with Crippen LogP contribution in [0.3, 0.4) is 0 Å². The predicted molar refractivity (Wildman–Crippen MR) is 61.1 cm³/mol. The van der Waals surface area contributed by atoms with E-state index in [-0.39, 0.29) is 6.03 Å². The van der Waals surface area contributed by atoms with Gasteiger partial charge in [0.15, 0.2) is 0 Å². The van der Waals surface area contributed by atoms with Crippen LogP contribution in [0.4, 0.5) is 4.79 Å². The summed E-state index contributed by atoms with van der Waals surface area (Å²) >= 11 is 1.94. The Balaban J connectivity index is 2.07. The van der Waals surface area contributed by atoms with Crippen molar-refractivity contribution in [2.45, 2.75) is 24.3 Å². The summed E-state index contributed by atoms with van der Waals surface area (Å²) in [6.45, 7) is 5.97. The Morgan fingerprint density at radius 2 is 2.07 bits per heavy atom. The molecule has 0 spiro atoms. The van der Waals surface area contributed by atoms with Gasteiger partial charge in [-0.15, -0.1) is 0 Å². The maximum absolute atomic E-state index is 12.0. The van der Waals surface area contributed by atoms with E-state index in [4.69, 9.17) is 0 Å². The first-order valence-corrected chi connectivity index (χ1v) is 6.04. The summed E-state index contributed by atoms with van der Waals surface area (Å²) in [7, 11) is 0. The fourth-order valence-electron chi connectivity index (χ4n) is 1.87. The van der Waals surface area contributed by atoms with Gasteiger partial charge in [0.05, 0.1) is 0 Å². The molecule has 2 unspecified atom stereocenters. The van der Waals surface area contributed by atoms with Crippen molar-refractivity contribution in [3.8, 4) is 0 Å². The minimum Gasteiger partial charge on any atom is -0.322 e. The van der Waals surface area contributed by atoms with Gasteiger partial charge in [-0.2, -0.15) is 11.8 Å². The van der Waals surface area contributed by atoms with Gasteiger partial charge in [0, 0.05) is 36.0 Å². The third kappa shape index (κ3) is 2.34. The van der Waals surface area contributed by atoms with Gasteiger partial charge < -0.3 is 4.90 Å².